The molecule has 0 aliphatic carbocycles. The van der Waals surface area contributed by atoms with Crippen molar-refractivity contribution in [3.8, 4) is 5.75 Å². The zero-order chi connectivity index (χ0) is 13.1. The van der Waals surface area contributed by atoms with Crippen molar-refractivity contribution in [3.63, 3.8) is 0 Å². The number of aromatic hydroxyl groups is 1. The Labute approximate surface area is 119 Å². The second-order valence-corrected chi connectivity index (χ2v) is 5.12. The van der Waals surface area contributed by atoms with Gasteiger partial charge in [0.05, 0.1) is 11.3 Å². The first-order valence-corrected chi connectivity index (χ1v) is 6.51. The third-order valence-corrected chi connectivity index (χ3v) is 3.46. The number of benzene rings is 2. The van der Waals surface area contributed by atoms with Gasteiger partial charge in [-0.3, -0.25) is 4.79 Å². The van der Waals surface area contributed by atoms with E-state index in [0.29, 0.717) is 11.3 Å². The molecule has 0 aromatic heterocycles. The second-order valence-electron chi connectivity index (χ2n) is 3.95. The Morgan fingerprint density at radius 2 is 1.94 bits per heavy atom. The van der Waals surface area contributed by atoms with Crippen LogP contribution in [0.4, 0.5) is 5.69 Å². The van der Waals surface area contributed by atoms with Gasteiger partial charge in [-0.2, -0.15) is 0 Å². The highest BCUT2D eigenvalue weighted by Crippen LogP contribution is 2.25. The molecule has 2 aromatic carbocycles. The molecule has 0 aliphatic heterocycles. The van der Waals surface area contributed by atoms with E-state index in [4.69, 9.17) is 0 Å². The third kappa shape index (κ3) is 2.81. The number of hydrogen-bond acceptors (Lipinski definition) is 2. The summed E-state index contributed by atoms with van der Waals surface area (Å²) in [6.07, 6.45) is 0. The molecule has 2 N–H and O–H groups in total. The minimum Gasteiger partial charge on any atom is -0.506 e. The Balaban J connectivity index is 2.27. The van der Waals surface area contributed by atoms with E-state index in [9.17, 15) is 9.90 Å². The average molecular weight is 353 g/mol. The van der Waals surface area contributed by atoms with Crippen molar-refractivity contribution >= 4 is 34.2 Å². The molecular weight excluding hydrogens is 341 g/mol. The molecule has 0 spiro atoms. The second kappa shape index (κ2) is 5.39. The van der Waals surface area contributed by atoms with Gasteiger partial charge in [0.1, 0.15) is 5.75 Å². The lowest BCUT2D eigenvalue weighted by Gasteiger charge is -2.09. The maximum atomic E-state index is 12.1. The molecule has 2 rings (SSSR count). The normalized spacial score (nSPS) is 10.1. The lowest BCUT2D eigenvalue weighted by molar-refractivity contribution is 0.102. The number of carbonyl (C=O) groups is 1. The first kappa shape index (κ1) is 12.9. The van der Waals surface area contributed by atoms with E-state index in [2.05, 4.69) is 27.9 Å². The highest BCUT2D eigenvalue weighted by Gasteiger charge is 2.11. The monoisotopic (exact) mass is 353 g/mol. The maximum absolute atomic E-state index is 12.1. The first-order valence-electron chi connectivity index (χ1n) is 5.43. The number of hydrogen-bond donors (Lipinski definition) is 2. The molecule has 0 aliphatic rings. The molecule has 92 valence electrons. The van der Waals surface area contributed by atoms with Crippen LogP contribution in [0.15, 0.2) is 42.5 Å². The zero-order valence-corrected chi connectivity index (χ0v) is 11.9. The van der Waals surface area contributed by atoms with Gasteiger partial charge in [-0.05, 0) is 59.3 Å². The number of aryl methyl sites for hydroxylation is 1. The smallest absolute Gasteiger partial charge is 0.256 e. The van der Waals surface area contributed by atoms with Gasteiger partial charge in [0, 0.05) is 3.57 Å². The van der Waals surface area contributed by atoms with Crippen LogP contribution in [0.25, 0.3) is 0 Å². The van der Waals surface area contributed by atoms with Crippen molar-refractivity contribution in [1.82, 2.24) is 0 Å². The summed E-state index contributed by atoms with van der Waals surface area (Å²) >= 11 is 2.11. The Morgan fingerprint density at radius 3 is 2.67 bits per heavy atom. The Bertz CT molecular complexity index is 596. The summed E-state index contributed by atoms with van der Waals surface area (Å²) in [5, 5.41) is 12.4. The molecule has 1 amide bonds. The Morgan fingerprint density at radius 1 is 1.22 bits per heavy atom. The predicted molar refractivity (Wildman–Crippen MR) is 80.0 cm³/mol. The van der Waals surface area contributed by atoms with Crippen LogP contribution in [0.2, 0.25) is 0 Å². The molecule has 0 heterocycles. The first-order chi connectivity index (χ1) is 8.58. The molecule has 18 heavy (non-hydrogen) atoms. The minimum atomic E-state index is -0.221. The van der Waals surface area contributed by atoms with Crippen molar-refractivity contribution in [2.75, 3.05) is 5.32 Å². The van der Waals surface area contributed by atoms with Gasteiger partial charge < -0.3 is 10.4 Å². The van der Waals surface area contributed by atoms with Crippen LogP contribution in [-0.2, 0) is 0 Å². The SMILES string of the molecule is Cc1ccc(O)c(NC(=O)c2ccccc2I)c1. The number of carbonyl (C=O) groups excluding carboxylic acids is 1. The fourth-order valence-electron chi connectivity index (χ4n) is 1.59. The van der Waals surface area contributed by atoms with Crippen LogP contribution in [-0.4, -0.2) is 11.0 Å². The lowest BCUT2D eigenvalue weighted by Crippen LogP contribution is -2.13. The topological polar surface area (TPSA) is 49.3 Å². The number of rotatable bonds is 2. The van der Waals surface area contributed by atoms with Crippen LogP contribution in [0.3, 0.4) is 0 Å². The number of halogens is 1. The average Bonchev–Trinajstić information content (AvgIpc) is 2.34. The third-order valence-electron chi connectivity index (χ3n) is 2.52. The van der Waals surface area contributed by atoms with E-state index in [0.717, 1.165) is 9.13 Å². The van der Waals surface area contributed by atoms with E-state index in [1.54, 1.807) is 24.3 Å². The zero-order valence-electron chi connectivity index (χ0n) is 9.77. The van der Waals surface area contributed by atoms with E-state index in [1.165, 1.54) is 0 Å². The number of phenolic OH excluding ortho intramolecular Hbond substituents is 1. The van der Waals surface area contributed by atoms with E-state index < -0.39 is 0 Å². The van der Waals surface area contributed by atoms with Crippen LogP contribution >= 0.6 is 22.6 Å². The fraction of sp³-hybridized carbons (Fsp3) is 0.0714. The lowest BCUT2D eigenvalue weighted by atomic mass is 10.2. The summed E-state index contributed by atoms with van der Waals surface area (Å²) in [6, 6.07) is 12.4. The summed E-state index contributed by atoms with van der Waals surface area (Å²) in [5.74, 6) is -0.152. The molecule has 3 nitrogen and oxygen atoms in total. The predicted octanol–water partition coefficient (Wildman–Crippen LogP) is 3.56. The van der Waals surface area contributed by atoms with Crippen molar-refractivity contribution in [2.24, 2.45) is 0 Å². The molecule has 2 aromatic rings. The van der Waals surface area contributed by atoms with Crippen LogP contribution in [0, 0.1) is 10.5 Å². The van der Waals surface area contributed by atoms with Crippen LogP contribution in [0.5, 0.6) is 5.75 Å². The van der Waals surface area contributed by atoms with Gasteiger partial charge in [0.25, 0.3) is 5.91 Å². The Hall–Kier alpha value is -1.56. The van der Waals surface area contributed by atoms with E-state index in [1.807, 2.05) is 25.1 Å². The van der Waals surface area contributed by atoms with Gasteiger partial charge >= 0.3 is 0 Å². The van der Waals surface area contributed by atoms with E-state index in [-0.39, 0.29) is 11.7 Å². The van der Waals surface area contributed by atoms with Gasteiger partial charge in [-0.15, -0.1) is 0 Å². The summed E-state index contributed by atoms with van der Waals surface area (Å²) in [4.78, 5) is 12.1. The van der Waals surface area contributed by atoms with Gasteiger partial charge in [0.15, 0.2) is 0 Å². The minimum absolute atomic E-state index is 0.0693. The molecule has 0 unspecified atom stereocenters. The van der Waals surface area contributed by atoms with Gasteiger partial charge in [-0.1, -0.05) is 18.2 Å². The number of phenols is 1. The molecule has 0 atom stereocenters. The molecule has 0 saturated heterocycles. The molecule has 0 saturated carbocycles. The van der Waals surface area contributed by atoms with Gasteiger partial charge in [-0.25, -0.2) is 0 Å². The van der Waals surface area contributed by atoms with Gasteiger partial charge in [0.2, 0.25) is 0 Å². The highest BCUT2D eigenvalue weighted by molar-refractivity contribution is 14.1. The quantitative estimate of drug-likeness (QED) is 0.641. The number of nitrogens with one attached hydrogen (secondary N) is 1. The van der Waals surface area contributed by atoms with Crippen molar-refractivity contribution in [1.29, 1.82) is 0 Å². The molecule has 4 heteroatoms. The number of anilines is 1. The maximum Gasteiger partial charge on any atom is 0.256 e. The summed E-state index contributed by atoms with van der Waals surface area (Å²) in [6.45, 7) is 1.90. The van der Waals surface area contributed by atoms with E-state index >= 15 is 0 Å². The largest absolute Gasteiger partial charge is 0.506 e. The fourth-order valence-corrected chi connectivity index (χ4v) is 2.22. The van der Waals surface area contributed by atoms with Crippen molar-refractivity contribution < 1.29 is 9.90 Å². The van der Waals surface area contributed by atoms with Crippen molar-refractivity contribution in [3.05, 3.63) is 57.2 Å². The molecule has 0 radical (unpaired) electrons. The standard InChI is InChI=1S/C14H12INO2/c1-9-6-7-13(17)12(8-9)16-14(18)10-4-2-3-5-11(10)15/h2-8,17H,1H3,(H,16,18). The van der Waals surface area contributed by atoms with Crippen LogP contribution < -0.4 is 5.32 Å². The number of amides is 1. The molecule has 0 bridgehead atoms. The highest BCUT2D eigenvalue weighted by atomic mass is 127. The molecular formula is C14H12INO2. The van der Waals surface area contributed by atoms with Crippen molar-refractivity contribution in [2.45, 2.75) is 6.92 Å². The van der Waals surface area contributed by atoms with Crippen LogP contribution in [0.1, 0.15) is 15.9 Å². The molecule has 0 fully saturated rings. The summed E-state index contributed by atoms with van der Waals surface area (Å²) in [7, 11) is 0. The Kier molecular flexibility index (Phi) is 3.86. The summed E-state index contributed by atoms with van der Waals surface area (Å²) in [5.41, 5.74) is 2.00. The summed E-state index contributed by atoms with van der Waals surface area (Å²) < 4.78 is 0.875.